The van der Waals surface area contributed by atoms with Crippen LogP contribution in [0.5, 0.6) is 0 Å². The highest BCUT2D eigenvalue weighted by atomic mass is 79.9. The van der Waals surface area contributed by atoms with Gasteiger partial charge in [0, 0.05) is 56.0 Å². The number of hydrogen-bond acceptors (Lipinski definition) is 7. The summed E-state index contributed by atoms with van der Waals surface area (Å²) in [4.78, 5) is 9.65. The van der Waals surface area contributed by atoms with Crippen molar-refractivity contribution in [1.82, 2.24) is 19.7 Å². The van der Waals surface area contributed by atoms with Gasteiger partial charge in [-0.3, -0.25) is 14.5 Å². The van der Waals surface area contributed by atoms with Gasteiger partial charge in [0.25, 0.3) is 0 Å². The summed E-state index contributed by atoms with van der Waals surface area (Å²) < 4.78 is 8.43. The van der Waals surface area contributed by atoms with Crippen molar-refractivity contribution in [3.8, 4) is 5.00 Å². The molecule has 2 aromatic heterocycles. The molecule has 2 aliphatic heterocycles. The van der Waals surface area contributed by atoms with Crippen molar-refractivity contribution in [2.45, 2.75) is 6.54 Å². The van der Waals surface area contributed by atoms with E-state index in [0.29, 0.717) is 11.6 Å². The van der Waals surface area contributed by atoms with Gasteiger partial charge in [0.2, 0.25) is 5.95 Å². The van der Waals surface area contributed by atoms with Crippen molar-refractivity contribution in [2.24, 2.45) is 4.99 Å². The maximum absolute atomic E-state index is 6.53. The fourth-order valence-corrected chi connectivity index (χ4v) is 5.84. The summed E-state index contributed by atoms with van der Waals surface area (Å²) in [7, 11) is 1.75. The Morgan fingerprint density at radius 2 is 1.94 bits per heavy atom. The Morgan fingerprint density at radius 3 is 2.71 bits per heavy atom. The van der Waals surface area contributed by atoms with E-state index < -0.39 is 0 Å². The van der Waals surface area contributed by atoms with E-state index >= 15 is 0 Å². The van der Waals surface area contributed by atoms with Crippen LogP contribution in [0.15, 0.2) is 39.1 Å². The van der Waals surface area contributed by atoms with Gasteiger partial charge in [-0.05, 0) is 28.1 Å². The Bertz CT molecular complexity index is 1120. The van der Waals surface area contributed by atoms with Crippen molar-refractivity contribution >= 4 is 50.5 Å². The molecule has 0 amide bonds. The Kier molecular flexibility index (Phi) is 6.12. The summed E-state index contributed by atoms with van der Waals surface area (Å²) in [5.41, 5.74) is 2.87. The number of halogens is 2. The Morgan fingerprint density at radius 1 is 1.13 bits per heavy atom. The number of hydrogen-bond donors (Lipinski definition) is 0. The lowest BCUT2D eigenvalue weighted by Crippen LogP contribution is -2.48. The van der Waals surface area contributed by atoms with Gasteiger partial charge in [0.05, 0.1) is 16.1 Å². The average Bonchev–Trinajstić information content (AvgIpc) is 3.34. The van der Waals surface area contributed by atoms with E-state index in [0.717, 1.165) is 76.7 Å². The number of aromatic nitrogens is 3. The highest BCUT2D eigenvalue weighted by Crippen LogP contribution is 2.38. The van der Waals surface area contributed by atoms with Crippen molar-refractivity contribution in [1.29, 1.82) is 0 Å². The Labute approximate surface area is 198 Å². The Hall–Kier alpha value is -1.78. The molecule has 1 saturated heterocycles. The van der Waals surface area contributed by atoms with Crippen LogP contribution in [0.2, 0.25) is 5.02 Å². The maximum Gasteiger partial charge on any atom is 0.232 e. The van der Waals surface area contributed by atoms with Gasteiger partial charge in [-0.2, -0.15) is 0 Å². The van der Waals surface area contributed by atoms with Gasteiger partial charge < -0.3 is 9.64 Å². The zero-order valence-electron chi connectivity index (χ0n) is 17.1. The van der Waals surface area contributed by atoms with Crippen LogP contribution in [-0.4, -0.2) is 71.8 Å². The Balaban J connectivity index is 1.50. The van der Waals surface area contributed by atoms with Crippen molar-refractivity contribution in [2.75, 3.05) is 51.3 Å². The molecule has 7 nitrogen and oxygen atoms in total. The van der Waals surface area contributed by atoms with Crippen molar-refractivity contribution < 1.29 is 4.74 Å². The first-order chi connectivity index (χ1) is 15.2. The SMILES string of the molecule is COCCN1CCN(c2nnc3n2-c2sc(Br)cc2C(c2ccccc2Cl)=NC3)CC1. The summed E-state index contributed by atoms with van der Waals surface area (Å²) in [5, 5.41) is 10.8. The van der Waals surface area contributed by atoms with Crippen LogP contribution in [0.25, 0.3) is 5.00 Å². The van der Waals surface area contributed by atoms with E-state index in [1.165, 1.54) is 0 Å². The molecule has 0 radical (unpaired) electrons. The smallest absolute Gasteiger partial charge is 0.232 e. The molecule has 1 aromatic carbocycles. The van der Waals surface area contributed by atoms with E-state index in [9.17, 15) is 0 Å². The van der Waals surface area contributed by atoms with Gasteiger partial charge in [-0.1, -0.05) is 29.8 Å². The van der Waals surface area contributed by atoms with Crippen LogP contribution >= 0.6 is 38.9 Å². The molecule has 4 heterocycles. The number of aliphatic imine (C=N–C) groups is 1. The molecular weight excluding hydrogens is 500 g/mol. The molecule has 0 aliphatic carbocycles. The van der Waals surface area contributed by atoms with Gasteiger partial charge in [0.15, 0.2) is 5.82 Å². The number of benzene rings is 1. The number of rotatable bonds is 5. The second-order valence-electron chi connectivity index (χ2n) is 7.49. The number of ether oxygens (including phenoxy) is 1. The van der Waals surface area contributed by atoms with E-state index in [1.54, 1.807) is 18.4 Å². The quantitative estimate of drug-likeness (QED) is 0.510. The second kappa shape index (κ2) is 8.99. The summed E-state index contributed by atoms with van der Waals surface area (Å²) in [5.74, 6) is 1.72. The molecule has 1 fully saturated rings. The maximum atomic E-state index is 6.53. The molecule has 0 saturated carbocycles. The van der Waals surface area contributed by atoms with Gasteiger partial charge in [-0.15, -0.1) is 21.5 Å². The lowest BCUT2D eigenvalue weighted by molar-refractivity contribution is 0.143. The molecule has 3 aromatic rings. The molecular formula is C21H22BrClN6OS. The predicted octanol–water partition coefficient (Wildman–Crippen LogP) is 3.86. The molecule has 0 atom stereocenters. The van der Waals surface area contributed by atoms with Gasteiger partial charge in [-0.25, -0.2) is 0 Å². The largest absolute Gasteiger partial charge is 0.383 e. The molecule has 2 aliphatic rings. The number of methoxy groups -OCH3 is 1. The third kappa shape index (κ3) is 4.05. The lowest BCUT2D eigenvalue weighted by Gasteiger charge is -2.35. The van der Waals surface area contributed by atoms with E-state index in [1.807, 2.05) is 24.3 Å². The first kappa shape index (κ1) is 21.1. The fourth-order valence-electron chi connectivity index (χ4n) is 4.02. The zero-order valence-corrected chi connectivity index (χ0v) is 20.3. The number of thiophene rings is 1. The standard InChI is InChI=1S/C21H22BrClN6OS/c1-30-11-10-27-6-8-28(9-7-27)21-26-25-18-13-24-19(14-4-2-3-5-16(14)23)15-12-17(22)31-20(15)29(18)21/h2-5,12H,6-11,13H2,1H3. The third-order valence-electron chi connectivity index (χ3n) is 5.63. The van der Waals surface area contributed by atoms with Crippen molar-refractivity contribution in [3.63, 3.8) is 0 Å². The summed E-state index contributed by atoms with van der Waals surface area (Å²) in [6.45, 7) is 5.94. The number of fused-ring (bicyclic) bond motifs is 3. The van der Waals surface area contributed by atoms with Crippen LogP contribution in [0.4, 0.5) is 5.95 Å². The van der Waals surface area contributed by atoms with Crippen LogP contribution in [-0.2, 0) is 11.3 Å². The zero-order chi connectivity index (χ0) is 21.4. The summed E-state index contributed by atoms with van der Waals surface area (Å²) in [6.07, 6.45) is 0. The molecule has 0 N–H and O–H groups in total. The van der Waals surface area contributed by atoms with Crippen LogP contribution in [0.1, 0.15) is 17.0 Å². The molecule has 5 rings (SSSR count). The highest BCUT2D eigenvalue weighted by molar-refractivity contribution is 9.11. The molecule has 0 spiro atoms. The average molecular weight is 522 g/mol. The van der Waals surface area contributed by atoms with Gasteiger partial charge >= 0.3 is 0 Å². The third-order valence-corrected chi connectivity index (χ3v) is 7.58. The van der Waals surface area contributed by atoms with Crippen LogP contribution in [0.3, 0.4) is 0 Å². The van der Waals surface area contributed by atoms with E-state index in [-0.39, 0.29) is 0 Å². The van der Waals surface area contributed by atoms with E-state index in [4.69, 9.17) is 21.3 Å². The molecule has 0 unspecified atom stereocenters. The minimum Gasteiger partial charge on any atom is -0.383 e. The first-order valence-corrected chi connectivity index (χ1v) is 12.1. The van der Waals surface area contributed by atoms with Gasteiger partial charge in [0.1, 0.15) is 11.5 Å². The fraction of sp³-hybridized carbons (Fsp3) is 0.381. The second-order valence-corrected chi connectivity index (χ2v) is 10.3. The van der Waals surface area contributed by atoms with Crippen LogP contribution in [0, 0.1) is 0 Å². The number of piperazine rings is 1. The van der Waals surface area contributed by atoms with E-state index in [2.05, 4.69) is 46.6 Å². The topological polar surface area (TPSA) is 58.8 Å². The highest BCUT2D eigenvalue weighted by Gasteiger charge is 2.29. The number of nitrogens with zero attached hydrogens (tertiary/aromatic N) is 6. The van der Waals surface area contributed by atoms with Crippen molar-refractivity contribution in [3.05, 3.63) is 56.1 Å². The molecule has 162 valence electrons. The normalized spacial score (nSPS) is 16.6. The predicted molar refractivity (Wildman–Crippen MR) is 128 cm³/mol. The number of anilines is 1. The molecule has 0 bridgehead atoms. The summed E-state index contributed by atoms with van der Waals surface area (Å²) in [6, 6.07) is 9.96. The minimum atomic E-state index is 0.459. The summed E-state index contributed by atoms with van der Waals surface area (Å²) >= 11 is 11.9. The molecule has 31 heavy (non-hydrogen) atoms. The molecule has 10 heteroatoms. The van der Waals surface area contributed by atoms with Crippen LogP contribution < -0.4 is 4.90 Å². The lowest BCUT2D eigenvalue weighted by atomic mass is 10.0. The monoisotopic (exact) mass is 520 g/mol. The minimum absolute atomic E-state index is 0.459. The first-order valence-electron chi connectivity index (χ1n) is 10.2.